The molecule has 0 amide bonds. The van der Waals surface area contributed by atoms with Gasteiger partial charge in [0.05, 0.1) is 0 Å². The van der Waals surface area contributed by atoms with Gasteiger partial charge < -0.3 is 14.2 Å². The van der Waals surface area contributed by atoms with Crippen molar-refractivity contribution in [2.75, 3.05) is 0 Å². The molecule has 202 valence electrons. The maximum atomic E-state index is 14.2. The number of allylic oxidation sites excluding steroid dienone is 2. The summed E-state index contributed by atoms with van der Waals surface area (Å²) in [6, 6.07) is 21.7. The number of aryl methyl sites for hydroxylation is 1. The van der Waals surface area contributed by atoms with Crippen molar-refractivity contribution >= 4 is 5.97 Å². The summed E-state index contributed by atoms with van der Waals surface area (Å²) >= 11 is 0. The number of benzene rings is 3. The third kappa shape index (κ3) is 4.34. The third-order valence-electron chi connectivity index (χ3n) is 8.75. The minimum atomic E-state index is -1.39. The highest BCUT2D eigenvalue weighted by molar-refractivity contribution is 5.97. The van der Waals surface area contributed by atoms with Gasteiger partial charge in [-0.05, 0) is 58.1 Å². The number of fused-ring (bicyclic) bond motifs is 5. The highest BCUT2D eigenvalue weighted by atomic mass is 16.7. The molecule has 2 unspecified atom stereocenters. The summed E-state index contributed by atoms with van der Waals surface area (Å²) in [6.45, 7) is 8.80. The van der Waals surface area contributed by atoms with Gasteiger partial charge in [0.25, 0.3) is 0 Å². The van der Waals surface area contributed by atoms with E-state index in [9.17, 15) is 4.79 Å². The zero-order valence-electron chi connectivity index (χ0n) is 23.5. The number of rotatable bonds is 6. The lowest BCUT2D eigenvalue weighted by Crippen LogP contribution is -2.47. The summed E-state index contributed by atoms with van der Waals surface area (Å²) in [6.07, 6.45) is 8.45. The average molecular weight is 523 g/mol. The predicted molar refractivity (Wildman–Crippen MR) is 153 cm³/mol. The van der Waals surface area contributed by atoms with Crippen molar-refractivity contribution < 1.29 is 19.0 Å². The Balaban J connectivity index is 1.61. The molecule has 4 heteroatoms. The first-order chi connectivity index (χ1) is 18.8. The molecule has 3 aromatic rings. The number of ether oxygens (including phenoxy) is 3. The van der Waals surface area contributed by atoms with E-state index in [2.05, 4.69) is 39.8 Å². The van der Waals surface area contributed by atoms with Crippen LogP contribution in [0, 0.1) is 5.92 Å². The van der Waals surface area contributed by atoms with Gasteiger partial charge >= 0.3 is 11.8 Å². The van der Waals surface area contributed by atoms with Crippen molar-refractivity contribution in [2.45, 2.75) is 83.5 Å². The van der Waals surface area contributed by atoms with Crippen molar-refractivity contribution in [3.8, 4) is 11.5 Å². The SMILES string of the molecule is CCCCCc1cc2c(c3c1C(=O)OC(c1ccccc1)(c1ccccc1)O3)C1C=C(C)CCC1C(C)(C)O2. The summed E-state index contributed by atoms with van der Waals surface area (Å²) in [7, 11) is 0. The number of carbonyl (C=O) groups excluding carboxylic acids is 1. The van der Waals surface area contributed by atoms with Gasteiger partial charge in [0.15, 0.2) is 0 Å². The fourth-order valence-electron chi connectivity index (χ4n) is 6.75. The van der Waals surface area contributed by atoms with E-state index in [0.29, 0.717) is 11.3 Å². The minimum Gasteiger partial charge on any atom is -0.487 e. The van der Waals surface area contributed by atoms with Crippen LogP contribution in [0.15, 0.2) is 78.4 Å². The molecule has 2 aliphatic heterocycles. The molecule has 39 heavy (non-hydrogen) atoms. The summed E-state index contributed by atoms with van der Waals surface area (Å²) in [5.41, 5.74) is 5.11. The normalized spacial score (nSPS) is 22.3. The molecule has 0 N–H and O–H groups in total. The lowest BCUT2D eigenvalue weighted by molar-refractivity contribution is -0.132. The maximum Gasteiger partial charge on any atom is 0.346 e. The number of unbranched alkanes of at least 4 members (excludes halogenated alkanes) is 2. The first kappa shape index (κ1) is 25.7. The Bertz CT molecular complexity index is 1360. The lowest BCUT2D eigenvalue weighted by Gasteiger charge is -2.48. The summed E-state index contributed by atoms with van der Waals surface area (Å²) < 4.78 is 20.3. The van der Waals surface area contributed by atoms with Crippen LogP contribution in [0.1, 0.15) is 98.3 Å². The number of hydrogen-bond donors (Lipinski definition) is 0. The van der Waals surface area contributed by atoms with Crippen LogP contribution in [0.2, 0.25) is 0 Å². The Kier molecular flexibility index (Phi) is 6.53. The number of hydrogen-bond acceptors (Lipinski definition) is 4. The molecule has 2 heterocycles. The van der Waals surface area contributed by atoms with Crippen LogP contribution >= 0.6 is 0 Å². The molecule has 0 saturated heterocycles. The third-order valence-corrected chi connectivity index (χ3v) is 8.75. The molecule has 0 saturated carbocycles. The Morgan fingerprint density at radius 2 is 1.56 bits per heavy atom. The highest BCUT2D eigenvalue weighted by Crippen LogP contribution is 2.57. The van der Waals surface area contributed by atoms with E-state index in [0.717, 1.165) is 66.5 Å². The monoisotopic (exact) mass is 522 g/mol. The fourth-order valence-corrected chi connectivity index (χ4v) is 6.75. The molecule has 0 radical (unpaired) electrons. The van der Waals surface area contributed by atoms with Gasteiger partial charge in [0.1, 0.15) is 22.7 Å². The summed E-state index contributed by atoms with van der Waals surface area (Å²) in [5, 5.41) is 0. The fraction of sp³-hybridized carbons (Fsp3) is 0.400. The van der Waals surface area contributed by atoms with E-state index in [-0.39, 0.29) is 23.4 Å². The van der Waals surface area contributed by atoms with Crippen LogP contribution in [0.5, 0.6) is 11.5 Å². The van der Waals surface area contributed by atoms with Crippen molar-refractivity contribution in [2.24, 2.45) is 5.92 Å². The highest BCUT2D eigenvalue weighted by Gasteiger charge is 2.52. The quantitative estimate of drug-likeness (QED) is 0.185. The molecule has 1 aliphatic carbocycles. The zero-order valence-corrected chi connectivity index (χ0v) is 23.5. The number of esters is 1. The second-order valence-electron chi connectivity index (χ2n) is 11.8. The lowest BCUT2D eigenvalue weighted by atomic mass is 9.67. The second-order valence-corrected chi connectivity index (χ2v) is 11.8. The smallest absolute Gasteiger partial charge is 0.346 e. The van der Waals surface area contributed by atoms with E-state index < -0.39 is 5.79 Å². The Labute approximate surface area is 232 Å². The number of carbonyl (C=O) groups is 1. The van der Waals surface area contributed by atoms with Crippen molar-refractivity contribution in [1.29, 1.82) is 0 Å². The Morgan fingerprint density at radius 3 is 2.21 bits per heavy atom. The van der Waals surface area contributed by atoms with Gasteiger partial charge in [-0.1, -0.05) is 92.1 Å². The van der Waals surface area contributed by atoms with Crippen molar-refractivity contribution in [3.63, 3.8) is 0 Å². The molecule has 3 aromatic carbocycles. The molecule has 0 spiro atoms. The van der Waals surface area contributed by atoms with Gasteiger partial charge in [-0.2, -0.15) is 0 Å². The maximum absolute atomic E-state index is 14.2. The van der Waals surface area contributed by atoms with Crippen LogP contribution in [0.3, 0.4) is 0 Å². The van der Waals surface area contributed by atoms with Crippen LogP contribution in [0.4, 0.5) is 0 Å². The van der Waals surface area contributed by atoms with E-state index in [1.54, 1.807) is 0 Å². The largest absolute Gasteiger partial charge is 0.487 e. The first-order valence-electron chi connectivity index (χ1n) is 14.4. The topological polar surface area (TPSA) is 44.8 Å². The van der Waals surface area contributed by atoms with Crippen LogP contribution in [-0.2, 0) is 16.9 Å². The van der Waals surface area contributed by atoms with Crippen molar-refractivity contribution in [1.82, 2.24) is 0 Å². The molecule has 4 nitrogen and oxygen atoms in total. The van der Waals surface area contributed by atoms with Crippen molar-refractivity contribution in [3.05, 3.63) is 106 Å². The van der Waals surface area contributed by atoms with Gasteiger partial charge in [-0.25, -0.2) is 4.79 Å². The minimum absolute atomic E-state index is 0.103. The Hall–Kier alpha value is -3.53. The van der Waals surface area contributed by atoms with Crippen LogP contribution < -0.4 is 9.47 Å². The molecule has 0 aromatic heterocycles. The molecule has 3 aliphatic rings. The van der Waals surface area contributed by atoms with E-state index in [1.165, 1.54) is 5.57 Å². The summed E-state index contributed by atoms with van der Waals surface area (Å²) in [4.78, 5) is 14.2. The average Bonchev–Trinajstić information content (AvgIpc) is 2.93. The van der Waals surface area contributed by atoms with E-state index in [1.807, 2.05) is 60.7 Å². The van der Waals surface area contributed by atoms with Gasteiger partial charge in [-0.15, -0.1) is 0 Å². The van der Waals surface area contributed by atoms with Crippen LogP contribution in [0.25, 0.3) is 0 Å². The molecule has 0 fully saturated rings. The zero-order chi connectivity index (χ0) is 27.2. The molecular formula is C35H38O4. The predicted octanol–water partition coefficient (Wildman–Crippen LogP) is 8.48. The second kappa shape index (κ2) is 9.89. The first-order valence-corrected chi connectivity index (χ1v) is 14.4. The summed E-state index contributed by atoms with van der Waals surface area (Å²) in [5.74, 6) is 0.120. The van der Waals surface area contributed by atoms with Gasteiger partial charge in [-0.3, -0.25) is 0 Å². The molecule has 2 atom stereocenters. The standard InChI is InChI=1S/C35H38O4/c1-5-6-9-14-24-22-29-31(27-21-23(2)19-20-28(27)34(3,4)37-29)32-30(24)33(36)39-35(38-32,25-15-10-7-11-16-25)26-17-12-8-13-18-26/h7-8,10-13,15-18,21-22,27-28H,5-6,9,14,19-20H2,1-4H3. The van der Waals surface area contributed by atoms with Crippen LogP contribution in [-0.4, -0.2) is 11.6 Å². The molecular weight excluding hydrogens is 484 g/mol. The van der Waals surface area contributed by atoms with E-state index >= 15 is 0 Å². The number of cyclic esters (lactones) is 1. The molecule has 0 bridgehead atoms. The molecule has 6 rings (SSSR count). The van der Waals surface area contributed by atoms with Gasteiger partial charge in [0, 0.05) is 28.5 Å². The Morgan fingerprint density at radius 1 is 0.897 bits per heavy atom. The van der Waals surface area contributed by atoms with E-state index in [4.69, 9.17) is 14.2 Å². The van der Waals surface area contributed by atoms with Gasteiger partial charge in [0.2, 0.25) is 0 Å².